The van der Waals surface area contributed by atoms with Gasteiger partial charge >= 0.3 is 0 Å². The van der Waals surface area contributed by atoms with Gasteiger partial charge in [0.05, 0.1) is 0 Å². The quantitative estimate of drug-likeness (QED) is 0.663. The Balaban J connectivity index is 2.21. The molecule has 1 atom stereocenters. The highest BCUT2D eigenvalue weighted by atomic mass is 127. The van der Waals surface area contributed by atoms with E-state index in [1.54, 1.807) is 0 Å². The van der Waals surface area contributed by atoms with Crippen LogP contribution in [0.25, 0.3) is 0 Å². The summed E-state index contributed by atoms with van der Waals surface area (Å²) >= 11 is 5.91. The lowest BCUT2D eigenvalue weighted by molar-refractivity contribution is 0.549. The van der Waals surface area contributed by atoms with E-state index in [9.17, 15) is 0 Å². The van der Waals surface area contributed by atoms with Crippen LogP contribution in [0.1, 0.15) is 24.1 Å². The van der Waals surface area contributed by atoms with Crippen molar-refractivity contribution in [3.05, 3.63) is 67.7 Å². The van der Waals surface area contributed by atoms with Gasteiger partial charge in [0.2, 0.25) is 0 Å². The average molecular weight is 430 g/mol. The van der Waals surface area contributed by atoms with Crippen LogP contribution in [0, 0.1) is 3.57 Å². The van der Waals surface area contributed by atoms with Crippen LogP contribution in [0.3, 0.4) is 0 Å². The minimum Gasteiger partial charge on any atom is -0.310 e. The fraction of sp³-hybridized carbons (Fsp3) is 0.250. The van der Waals surface area contributed by atoms with Crippen LogP contribution in [0.5, 0.6) is 0 Å². The van der Waals surface area contributed by atoms with E-state index in [1.807, 2.05) is 0 Å². The number of hydrogen-bond donors (Lipinski definition) is 1. The van der Waals surface area contributed by atoms with Gasteiger partial charge in [0, 0.05) is 14.1 Å². The van der Waals surface area contributed by atoms with E-state index in [0.717, 1.165) is 17.4 Å². The molecule has 0 saturated carbocycles. The zero-order valence-electron chi connectivity index (χ0n) is 10.9. The number of likely N-dealkylation sites (N-methyl/N-ethyl adjacent to an activating group) is 1. The molecule has 0 aliphatic carbocycles. The molecule has 0 fully saturated rings. The normalized spacial score (nSPS) is 12.4. The van der Waals surface area contributed by atoms with E-state index in [1.165, 1.54) is 14.7 Å². The van der Waals surface area contributed by atoms with Crippen LogP contribution in [-0.2, 0) is 6.42 Å². The van der Waals surface area contributed by atoms with E-state index in [4.69, 9.17) is 0 Å². The van der Waals surface area contributed by atoms with Gasteiger partial charge in [0.1, 0.15) is 0 Å². The molecule has 2 aromatic carbocycles. The first kappa shape index (κ1) is 15.0. The Hall–Kier alpha value is -0.390. The van der Waals surface area contributed by atoms with Crippen molar-refractivity contribution in [3.63, 3.8) is 0 Å². The number of nitrogens with one attached hydrogen (secondary N) is 1. The van der Waals surface area contributed by atoms with Crippen molar-refractivity contribution in [1.29, 1.82) is 0 Å². The SMILES string of the molecule is CCNC(Cc1cccc(Br)c1)c1cccc(I)c1. The number of halogens is 2. The summed E-state index contributed by atoms with van der Waals surface area (Å²) < 4.78 is 2.43. The fourth-order valence-electron chi connectivity index (χ4n) is 2.18. The second-order valence-corrected chi connectivity index (χ2v) is 6.66. The molecule has 0 radical (unpaired) electrons. The van der Waals surface area contributed by atoms with Gasteiger partial charge < -0.3 is 5.32 Å². The maximum atomic E-state index is 3.58. The van der Waals surface area contributed by atoms with Crippen LogP contribution in [0.4, 0.5) is 0 Å². The summed E-state index contributed by atoms with van der Waals surface area (Å²) in [5, 5.41) is 3.58. The van der Waals surface area contributed by atoms with Crippen LogP contribution >= 0.6 is 38.5 Å². The van der Waals surface area contributed by atoms with Gasteiger partial charge in [0.25, 0.3) is 0 Å². The Labute approximate surface area is 137 Å². The maximum absolute atomic E-state index is 3.58. The lowest BCUT2D eigenvalue weighted by atomic mass is 9.99. The average Bonchev–Trinajstić information content (AvgIpc) is 2.38. The highest BCUT2D eigenvalue weighted by Gasteiger charge is 2.11. The number of rotatable bonds is 5. The summed E-state index contributed by atoms with van der Waals surface area (Å²) in [6.45, 7) is 3.13. The fourth-order valence-corrected chi connectivity index (χ4v) is 3.19. The van der Waals surface area contributed by atoms with E-state index in [-0.39, 0.29) is 0 Å². The second kappa shape index (κ2) is 7.41. The molecule has 0 heterocycles. The van der Waals surface area contributed by atoms with Gasteiger partial charge in [-0.2, -0.15) is 0 Å². The minimum absolute atomic E-state index is 0.369. The van der Waals surface area contributed by atoms with Crippen molar-refractivity contribution in [3.8, 4) is 0 Å². The van der Waals surface area contributed by atoms with Crippen LogP contribution in [0.2, 0.25) is 0 Å². The smallest absolute Gasteiger partial charge is 0.0361 e. The first-order valence-electron chi connectivity index (χ1n) is 6.42. The monoisotopic (exact) mass is 429 g/mol. The lowest BCUT2D eigenvalue weighted by Gasteiger charge is -2.19. The molecule has 0 spiro atoms. The molecule has 0 amide bonds. The lowest BCUT2D eigenvalue weighted by Crippen LogP contribution is -2.23. The van der Waals surface area contributed by atoms with Crippen molar-refractivity contribution < 1.29 is 0 Å². The molecule has 1 N–H and O–H groups in total. The third kappa shape index (κ3) is 4.58. The topological polar surface area (TPSA) is 12.0 Å². The number of benzene rings is 2. The molecule has 0 aliphatic rings. The number of hydrogen-bond acceptors (Lipinski definition) is 1. The van der Waals surface area contributed by atoms with E-state index >= 15 is 0 Å². The Morgan fingerprint density at radius 1 is 1.16 bits per heavy atom. The van der Waals surface area contributed by atoms with E-state index in [0.29, 0.717) is 6.04 Å². The molecule has 100 valence electrons. The predicted octanol–water partition coefficient (Wildman–Crippen LogP) is 4.95. The molecule has 1 unspecified atom stereocenters. The molecular weight excluding hydrogens is 413 g/mol. The van der Waals surface area contributed by atoms with Gasteiger partial charge in [0.15, 0.2) is 0 Å². The van der Waals surface area contributed by atoms with Crippen LogP contribution < -0.4 is 5.32 Å². The van der Waals surface area contributed by atoms with E-state index in [2.05, 4.69) is 99.3 Å². The van der Waals surface area contributed by atoms with E-state index < -0.39 is 0 Å². The molecule has 0 bridgehead atoms. The zero-order valence-corrected chi connectivity index (χ0v) is 14.6. The predicted molar refractivity (Wildman–Crippen MR) is 93.4 cm³/mol. The van der Waals surface area contributed by atoms with Crippen molar-refractivity contribution in [1.82, 2.24) is 5.32 Å². The molecule has 0 aliphatic heterocycles. The van der Waals surface area contributed by atoms with Gasteiger partial charge in [-0.15, -0.1) is 0 Å². The summed E-state index contributed by atoms with van der Waals surface area (Å²) in [7, 11) is 0. The van der Waals surface area contributed by atoms with Crippen LogP contribution in [0.15, 0.2) is 53.0 Å². The molecule has 3 heteroatoms. The maximum Gasteiger partial charge on any atom is 0.0361 e. The molecule has 1 nitrogen and oxygen atoms in total. The highest BCUT2D eigenvalue weighted by Crippen LogP contribution is 2.22. The molecular formula is C16H17BrIN. The van der Waals surface area contributed by atoms with Crippen LogP contribution in [-0.4, -0.2) is 6.54 Å². The highest BCUT2D eigenvalue weighted by molar-refractivity contribution is 14.1. The Morgan fingerprint density at radius 2 is 1.95 bits per heavy atom. The summed E-state index contributed by atoms with van der Waals surface area (Å²) in [4.78, 5) is 0. The zero-order chi connectivity index (χ0) is 13.7. The third-order valence-corrected chi connectivity index (χ3v) is 4.19. The third-order valence-electron chi connectivity index (χ3n) is 3.03. The van der Waals surface area contributed by atoms with Gasteiger partial charge in [-0.25, -0.2) is 0 Å². The van der Waals surface area contributed by atoms with Crippen molar-refractivity contribution >= 4 is 38.5 Å². The summed E-state index contributed by atoms with van der Waals surface area (Å²) in [5.41, 5.74) is 2.70. The van der Waals surface area contributed by atoms with Crippen molar-refractivity contribution in [2.75, 3.05) is 6.54 Å². The van der Waals surface area contributed by atoms with Crippen molar-refractivity contribution in [2.45, 2.75) is 19.4 Å². The Kier molecular flexibility index (Phi) is 5.85. The van der Waals surface area contributed by atoms with Gasteiger partial charge in [-0.3, -0.25) is 0 Å². The summed E-state index contributed by atoms with van der Waals surface area (Å²) in [5.74, 6) is 0. The standard InChI is InChI=1S/C16H17BrIN/c1-2-19-16(13-6-4-8-15(18)11-13)10-12-5-3-7-14(17)9-12/h3-9,11,16,19H,2,10H2,1H3. The largest absolute Gasteiger partial charge is 0.310 e. The first-order valence-corrected chi connectivity index (χ1v) is 8.29. The first-order chi connectivity index (χ1) is 9.19. The molecule has 2 aromatic rings. The molecule has 19 heavy (non-hydrogen) atoms. The van der Waals surface area contributed by atoms with Gasteiger partial charge in [-0.05, 0) is 70.9 Å². The molecule has 0 saturated heterocycles. The molecule has 0 aromatic heterocycles. The summed E-state index contributed by atoms with van der Waals surface area (Å²) in [6.07, 6.45) is 1.01. The minimum atomic E-state index is 0.369. The molecule has 2 rings (SSSR count). The van der Waals surface area contributed by atoms with Crippen molar-refractivity contribution in [2.24, 2.45) is 0 Å². The Morgan fingerprint density at radius 3 is 2.63 bits per heavy atom. The Bertz CT molecular complexity index is 542. The van der Waals surface area contributed by atoms with Gasteiger partial charge in [-0.1, -0.05) is 47.1 Å². The second-order valence-electron chi connectivity index (χ2n) is 4.50. The summed E-state index contributed by atoms with van der Waals surface area (Å²) in [6, 6.07) is 17.6.